The van der Waals surface area contributed by atoms with Gasteiger partial charge < -0.3 is 4.98 Å². The highest BCUT2D eigenvalue weighted by atomic mass is 19.3. The first-order valence-corrected chi connectivity index (χ1v) is 5.31. The first-order chi connectivity index (χ1) is 8.81. The molecule has 4 nitrogen and oxygen atoms in total. The van der Waals surface area contributed by atoms with Crippen LogP contribution in [-0.4, -0.2) is 34.7 Å². The minimum atomic E-state index is -4.14. The van der Waals surface area contributed by atoms with Gasteiger partial charge in [-0.3, -0.25) is 4.57 Å². The zero-order valence-corrected chi connectivity index (χ0v) is 9.54. The van der Waals surface area contributed by atoms with Gasteiger partial charge in [0, 0.05) is 19.2 Å². The standard InChI is InChI=1S/C10H8BF4N3O/c11-5-3-6-7(16-4-5)18(9(19)17-6)2-1-10(14,15)8(12)13/h3-4,8H,1-2H2,(H,17,19). The van der Waals surface area contributed by atoms with Gasteiger partial charge in [0.05, 0.1) is 5.52 Å². The highest BCUT2D eigenvalue weighted by molar-refractivity contribution is 6.32. The van der Waals surface area contributed by atoms with Gasteiger partial charge in [0.2, 0.25) is 0 Å². The molecule has 9 heteroatoms. The van der Waals surface area contributed by atoms with E-state index < -0.39 is 31.0 Å². The van der Waals surface area contributed by atoms with Crippen molar-refractivity contribution in [2.45, 2.75) is 25.3 Å². The summed E-state index contributed by atoms with van der Waals surface area (Å²) >= 11 is 0. The Morgan fingerprint density at radius 3 is 2.79 bits per heavy atom. The maximum Gasteiger partial charge on any atom is 0.327 e. The second kappa shape index (κ2) is 4.71. The molecule has 2 rings (SSSR count). The Morgan fingerprint density at radius 1 is 1.47 bits per heavy atom. The van der Waals surface area contributed by atoms with Crippen molar-refractivity contribution in [2.24, 2.45) is 0 Å². The Bertz CT molecular complexity index is 652. The number of nitrogens with zero attached hydrogens (tertiary/aromatic N) is 2. The van der Waals surface area contributed by atoms with Crippen molar-refractivity contribution in [3.05, 3.63) is 22.7 Å². The van der Waals surface area contributed by atoms with Crippen LogP contribution in [0.3, 0.4) is 0 Å². The third kappa shape index (κ3) is 2.64. The van der Waals surface area contributed by atoms with E-state index in [9.17, 15) is 22.4 Å². The van der Waals surface area contributed by atoms with Crippen molar-refractivity contribution in [3.8, 4) is 0 Å². The van der Waals surface area contributed by atoms with Gasteiger partial charge in [-0.05, 0) is 6.07 Å². The summed E-state index contributed by atoms with van der Waals surface area (Å²) in [7, 11) is 5.45. The van der Waals surface area contributed by atoms with E-state index in [0.717, 1.165) is 4.57 Å². The van der Waals surface area contributed by atoms with Gasteiger partial charge >= 0.3 is 18.0 Å². The summed E-state index contributed by atoms with van der Waals surface area (Å²) < 4.78 is 50.6. The van der Waals surface area contributed by atoms with Crippen LogP contribution in [0.15, 0.2) is 17.1 Å². The Labute approximate surface area is 105 Å². The molecule has 0 aliphatic carbocycles. The lowest BCUT2D eigenvalue weighted by molar-refractivity contribution is -0.134. The third-order valence-corrected chi connectivity index (χ3v) is 2.62. The van der Waals surface area contributed by atoms with E-state index >= 15 is 0 Å². The monoisotopic (exact) mass is 273 g/mol. The number of fused-ring (bicyclic) bond motifs is 1. The molecule has 19 heavy (non-hydrogen) atoms. The molecule has 0 atom stereocenters. The largest absolute Gasteiger partial charge is 0.327 e. The maximum absolute atomic E-state index is 12.8. The van der Waals surface area contributed by atoms with Crippen LogP contribution >= 0.6 is 0 Å². The molecule has 0 aliphatic rings. The van der Waals surface area contributed by atoms with Crippen molar-refractivity contribution in [3.63, 3.8) is 0 Å². The number of halogens is 4. The summed E-state index contributed by atoms with van der Waals surface area (Å²) in [6.45, 7) is -0.562. The summed E-state index contributed by atoms with van der Waals surface area (Å²) in [6.07, 6.45) is -3.67. The molecule has 0 saturated heterocycles. The molecule has 2 aromatic rings. The summed E-state index contributed by atoms with van der Waals surface area (Å²) in [6, 6.07) is 1.41. The normalized spacial score (nSPS) is 12.5. The zero-order valence-electron chi connectivity index (χ0n) is 9.54. The molecule has 2 radical (unpaired) electrons. The lowest BCUT2D eigenvalue weighted by atomic mass is 9.99. The van der Waals surface area contributed by atoms with Gasteiger partial charge in [-0.15, -0.1) is 0 Å². The summed E-state index contributed by atoms with van der Waals surface area (Å²) in [4.78, 5) is 17.7. The molecule has 0 bridgehead atoms. The Morgan fingerprint density at radius 2 is 2.16 bits per heavy atom. The highest BCUT2D eigenvalue weighted by Crippen LogP contribution is 2.27. The first kappa shape index (κ1) is 13.6. The minimum absolute atomic E-state index is 0.101. The number of hydrogen-bond acceptors (Lipinski definition) is 2. The number of nitrogens with one attached hydrogen (secondary N) is 1. The summed E-state index contributed by atoms with van der Waals surface area (Å²) in [5, 5.41) is 0. The number of alkyl halides is 4. The van der Waals surface area contributed by atoms with Gasteiger partial charge in [-0.2, -0.15) is 0 Å². The van der Waals surface area contributed by atoms with Crippen molar-refractivity contribution < 1.29 is 17.6 Å². The van der Waals surface area contributed by atoms with Crippen LogP contribution in [-0.2, 0) is 6.54 Å². The maximum atomic E-state index is 12.8. The SMILES string of the molecule is [B]c1cnc2c(c1)[nH]c(=O)n2CCC(F)(F)C(F)F. The van der Waals surface area contributed by atoms with Crippen LogP contribution in [0.25, 0.3) is 11.2 Å². The van der Waals surface area contributed by atoms with Crippen molar-refractivity contribution >= 4 is 24.5 Å². The molecule has 0 aliphatic heterocycles. The number of imidazole rings is 1. The molecule has 0 aromatic carbocycles. The van der Waals surface area contributed by atoms with Crippen LogP contribution in [0.2, 0.25) is 0 Å². The van der Waals surface area contributed by atoms with Crippen LogP contribution in [0, 0.1) is 0 Å². The summed E-state index contributed by atoms with van der Waals surface area (Å²) in [5.41, 5.74) is -0.0355. The number of pyridine rings is 1. The molecule has 2 aromatic heterocycles. The van der Waals surface area contributed by atoms with Crippen LogP contribution < -0.4 is 11.2 Å². The van der Waals surface area contributed by atoms with Gasteiger partial charge in [0.1, 0.15) is 7.85 Å². The molecule has 0 spiro atoms. The molecular weight excluding hydrogens is 265 g/mol. The Balaban J connectivity index is 2.31. The molecule has 0 fully saturated rings. The highest BCUT2D eigenvalue weighted by Gasteiger charge is 2.40. The minimum Gasteiger partial charge on any atom is -0.304 e. The molecule has 0 saturated carbocycles. The average molecular weight is 273 g/mol. The fourth-order valence-electron chi connectivity index (χ4n) is 1.64. The quantitative estimate of drug-likeness (QED) is 0.662. The van der Waals surface area contributed by atoms with Crippen molar-refractivity contribution in [2.75, 3.05) is 0 Å². The molecule has 2 heterocycles. The number of rotatable bonds is 4. The third-order valence-electron chi connectivity index (χ3n) is 2.62. The molecule has 0 unspecified atom stereocenters. The molecule has 100 valence electrons. The number of H-pyrrole nitrogens is 1. The predicted molar refractivity (Wildman–Crippen MR) is 61.3 cm³/mol. The zero-order chi connectivity index (χ0) is 14.2. The molecule has 0 amide bonds. The van der Waals surface area contributed by atoms with Gasteiger partial charge in [-0.25, -0.2) is 27.3 Å². The van der Waals surface area contributed by atoms with E-state index in [2.05, 4.69) is 9.97 Å². The number of aromatic nitrogens is 3. The van der Waals surface area contributed by atoms with Gasteiger partial charge in [-0.1, -0.05) is 5.46 Å². The fourth-order valence-corrected chi connectivity index (χ4v) is 1.64. The molecule has 1 N–H and O–H groups in total. The lowest BCUT2D eigenvalue weighted by Crippen LogP contribution is -2.30. The predicted octanol–water partition coefficient (Wildman–Crippen LogP) is 0.809. The second-order valence-corrected chi connectivity index (χ2v) is 4.03. The lowest BCUT2D eigenvalue weighted by Gasteiger charge is -2.14. The average Bonchev–Trinajstić information content (AvgIpc) is 2.61. The molecular formula is C10H8BF4N3O. The van der Waals surface area contributed by atoms with E-state index in [0.29, 0.717) is 5.46 Å². The topological polar surface area (TPSA) is 50.7 Å². The van der Waals surface area contributed by atoms with Crippen LogP contribution in [0.5, 0.6) is 0 Å². The second-order valence-electron chi connectivity index (χ2n) is 4.03. The van der Waals surface area contributed by atoms with Gasteiger partial charge in [0.25, 0.3) is 0 Å². The van der Waals surface area contributed by atoms with E-state index in [4.69, 9.17) is 7.85 Å². The number of aromatic amines is 1. The van der Waals surface area contributed by atoms with E-state index in [1.807, 2.05) is 0 Å². The van der Waals surface area contributed by atoms with Crippen molar-refractivity contribution in [1.82, 2.24) is 14.5 Å². The van der Waals surface area contributed by atoms with Crippen molar-refractivity contribution in [1.29, 1.82) is 0 Å². The Kier molecular flexibility index (Phi) is 3.38. The van der Waals surface area contributed by atoms with Crippen LogP contribution in [0.1, 0.15) is 6.42 Å². The van der Waals surface area contributed by atoms with E-state index in [1.165, 1.54) is 12.3 Å². The number of hydrogen-bond donors (Lipinski definition) is 1. The smallest absolute Gasteiger partial charge is 0.304 e. The number of aryl methyl sites for hydroxylation is 1. The van der Waals surface area contributed by atoms with Crippen LogP contribution in [0.4, 0.5) is 17.6 Å². The van der Waals surface area contributed by atoms with E-state index in [1.54, 1.807) is 0 Å². The fraction of sp³-hybridized carbons (Fsp3) is 0.400. The first-order valence-electron chi connectivity index (χ1n) is 5.31. The van der Waals surface area contributed by atoms with E-state index in [-0.39, 0.29) is 11.2 Å². The summed E-state index contributed by atoms with van der Waals surface area (Å²) in [5.74, 6) is -4.14. The van der Waals surface area contributed by atoms with Gasteiger partial charge in [0.15, 0.2) is 5.65 Å². The Hall–Kier alpha value is -1.80.